The van der Waals surface area contributed by atoms with Gasteiger partial charge in [0, 0.05) is 16.8 Å². The van der Waals surface area contributed by atoms with E-state index in [0.29, 0.717) is 11.8 Å². The number of nitrogen functional groups attached to an aromatic ring is 1. The number of anilines is 1. The lowest BCUT2D eigenvalue weighted by atomic mass is 9.71. The van der Waals surface area contributed by atoms with E-state index in [0.717, 1.165) is 46.6 Å². The van der Waals surface area contributed by atoms with Crippen molar-refractivity contribution in [2.45, 2.75) is 46.0 Å². The Morgan fingerprint density at radius 2 is 2.05 bits per heavy atom. The van der Waals surface area contributed by atoms with Crippen molar-refractivity contribution in [2.75, 3.05) is 5.73 Å². The van der Waals surface area contributed by atoms with Crippen LogP contribution in [0, 0.1) is 19.8 Å². The van der Waals surface area contributed by atoms with Crippen molar-refractivity contribution in [3.05, 3.63) is 34.2 Å². The van der Waals surface area contributed by atoms with Gasteiger partial charge in [0.2, 0.25) is 5.71 Å². The Morgan fingerprint density at radius 1 is 1.25 bits per heavy atom. The molecule has 2 atom stereocenters. The van der Waals surface area contributed by atoms with E-state index in [9.17, 15) is 0 Å². The summed E-state index contributed by atoms with van der Waals surface area (Å²) in [5, 5.41) is 1.03. The molecule has 2 N–H and O–H groups in total. The first kappa shape index (κ1) is 12.0. The highest BCUT2D eigenvalue weighted by Gasteiger charge is 2.33. The summed E-state index contributed by atoms with van der Waals surface area (Å²) in [7, 11) is 0. The molecule has 0 saturated carbocycles. The summed E-state index contributed by atoms with van der Waals surface area (Å²) in [6, 6.07) is 0. The number of nitrogens with two attached hydrogens (primary N) is 1. The van der Waals surface area contributed by atoms with Crippen molar-refractivity contribution in [3.8, 4) is 0 Å². The van der Waals surface area contributed by atoms with Crippen molar-refractivity contribution < 1.29 is 4.42 Å². The third kappa shape index (κ3) is 1.49. The molecule has 4 rings (SSSR count). The van der Waals surface area contributed by atoms with Crippen LogP contribution in [0.4, 0.5) is 5.69 Å². The Bertz CT molecular complexity index is 754. The standard InChI is InChI=1S/C17H20N2O/c1-8-4-11-6-12(5-8)15-13(7-11)19-17-14(16(15)18)9(2)10(3)20-17/h4,11-12H,5-7H2,1-3H3,(H2,18,19). The summed E-state index contributed by atoms with van der Waals surface area (Å²) >= 11 is 0. The van der Waals surface area contributed by atoms with Gasteiger partial charge in [-0.3, -0.25) is 0 Å². The lowest BCUT2D eigenvalue weighted by Gasteiger charge is -2.34. The summed E-state index contributed by atoms with van der Waals surface area (Å²) < 4.78 is 5.78. The number of pyridine rings is 1. The molecule has 104 valence electrons. The SMILES string of the molecule is CC1=CC2Cc3nc4oc(C)c(C)c4c(N)c3C(C1)C2. The fourth-order valence-electron chi connectivity index (χ4n) is 4.08. The van der Waals surface area contributed by atoms with Crippen LogP contribution in [-0.4, -0.2) is 4.98 Å². The Hall–Kier alpha value is -1.77. The molecular weight excluding hydrogens is 248 g/mol. The average molecular weight is 268 g/mol. The van der Waals surface area contributed by atoms with E-state index in [-0.39, 0.29) is 0 Å². The monoisotopic (exact) mass is 268 g/mol. The first-order valence-corrected chi connectivity index (χ1v) is 7.39. The van der Waals surface area contributed by atoms with E-state index in [1.165, 1.54) is 17.6 Å². The third-order valence-corrected chi connectivity index (χ3v) is 5.01. The predicted molar refractivity (Wildman–Crippen MR) is 80.8 cm³/mol. The van der Waals surface area contributed by atoms with Gasteiger partial charge in [0.15, 0.2) is 0 Å². The molecule has 0 amide bonds. The van der Waals surface area contributed by atoms with Gasteiger partial charge < -0.3 is 10.2 Å². The highest BCUT2D eigenvalue weighted by molar-refractivity contribution is 5.93. The zero-order valence-corrected chi connectivity index (χ0v) is 12.3. The van der Waals surface area contributed by atoms with Crippen LogP contribution in [0.1, 0.15) is 48.3 Å². The normalized spacial score (nSPS) is 24.6. The number of aryl methyl sites for hydroxylation is 2. The van der Waals surface area contributed by atoms with Crippen molar-refractivity contribution in [1.29, 1.82) is 0 Å². The van der Waals surface area contributed by atoms with Gasteiger partial charge in [-0.1, -0.05) is 11.6 Å². The summed E-state index contributed by atoms with van der Waals surface area (Å²) in [5.74, 6) is 2.10. The van der Waals surface area contributed by atoms with E-state index in [1.54, 1.807) is 0 Å². The Labute approximate surface area is 118 Å². The number of furan rings is 1. The second-order valence-electron chi connectivity index (χ2n) is 6.46. The largest absolute Gasteiger partial charge is 0.443 e. The molecule has 3 heteroatoms. The highest BCUT2D eigenvalue weighted by Crippen LogP contribution is 2.47. The molecular formula is C17H20N2O. The van der Waals surface area contributed by atoms with Gasteiger partial charge in [0.05, 0.1) is 11.1 Å². The molecule has 0 fully saturated rings. The molecule has 2 aromatic rings. The van der Waals surface area contributed by atoms with Crippen LogP contribution in [0.5, 0.6) is 0 Å². The number of hydrogen-bond donors (Lipinski definition) is 1. The molecule has 2 aliphatic carbocycles. The fraction of sp³-hybridized carbons (Fsp3) is 0.471. The summed E-state index contributed by atoms with van der Waals surface area (Å²) in [5.41, 5.74) is 13.2. The molecule has 2 aliphatic rings. The Balaban J connectivity index is 2.00. The smallest absolute Gasteiger partial charge is 0.228 e. The minimum absolute atomic E-state index is 0.542. The molecule has 0 aliphatic heterocycles. The van der Waals surface area contributed by atoms with Crippen molar-refractivity contribution in [3.63, 3.8) is 0 Å². The van der Waals surface area contributed by atoms with Gasteiger partial charge in [-0.05, 0) is 51.9 Å². The zero-order valence-electron chi connectivity index (χ0n) is 12.3. The molecule has 0 aromatic carbocycles. The van der Waals surface area contributed by atoms with E-state index >= 15 is 0 Å². The number of rotatable bonds is 0. The minimum atomic E-state index is 0.542. The number of allylic oxidation sites excluding steroid dienone is 2. The third-order valence-electron chi connectivity index (χ3n) is 5.01. The number of nitrogens with zero attached hydrogens (tertiary/aromatic N) is 1. The lowest BCUT2D eigenvalue weighted by molar-refractivity contribution is 0.432. The van der Waals surface area contributed by atoms with Gasteiger partial charge in [0.1, 0.15) is 5.76 Å². The van der Waals surface area contributed by atoms with Crippen LogP contribution >= 0.6 is 0 Å². The molecule has 0 radical (unpaired) electrons. The van der Waals surface area contributed by atoms with Gasteiger partial charge in [0.25, 0.3) is 0 Å². The van der Waals surface area contributed by atoms with Gasteiger partial charge in [-0.25, -0.2) is 4.98 Å². The second-order valence-corrected chi connectivity index (χ2v) is 6.46. The molecule has 2 bridgehead atoms. The quantitative estimate of drug-likeness (QED) is 0.734. The number of aromatic nitrogens is 1. The predicted octanol–water partition coefficient (Wildman–Crippen LogP) is 4.02. The Kier molecular flexibility index (Phi) is 2.33. The van der Waals surface area contributed by atoms with Crippen LogP contribution in [0.15, 0.2) is 16.1 Å². The number of hydrogen-bond acceptors (Lipinski definition) is 3. The van der Waals surface area contributed by atoms with Crippen LogP contribution < -0.4 is 5.73 Å². The first-order valence-electron chi connectivity index (χ1n) is 7.39. The Morgan fingerprint density at radius 3 is 2.85 bits per heavy atom. The minimum Gasteiger partial charge on any atom is -0.443 e. The van der Waals surface area contributed by atoms with E-state index in [1.807, 2.05) is 6.92 Å². The summed E-state index contributed by atoms with van der Waals surface area (Å²) in [6.07, 6.45) is 5.76. The molecule has 20 heavy (non-hydrogen) atoms. The van der Waals surface area contributed by atoms with E-state index in [4.69, 9.17) is 15.1 Å². The van der Waals surface area contributed by atoms with Crippen molar-refractivity contribution >= 4 is 16.8 Å². The van der Waals surface area contributed by atoms with Crippen LogP contribution in [0.2, 0.25) is 0 Å². The van der Waals surface area contributed by atoms with Gasteiger partial charge in [-0.15, -0.1) is 0 Å². The fourth-order valence-corrected chi connectivity index (χ4v) is 4.08. The van der Waals surface area contributed by atoms with E-state index < -0.39 is 0 Å². The van der Waals surface area contributed by atoms with E-state index in [2.05, 4.69) is 19.9 Å². The molecule has 2 aromatic heterocycles. The summed E-state index contributed by atoms with van der Waals surface area (Å²) in [6.45, 7) is 6.29. The number of fused-ring (bicyclic) bond motifs is 5. The van der Waals surface area contributed by atoms with Crippen molar-refractivity contribution in [2.24, 2.45) is 5.92 Å². The van der Waals surface area contributed by atoms with Gasteiger partial charge >= 0.3 is 0 Å². The topological polar surface area (TPSA) is 52.0 Å². The lowest BCUT2D eigenvalue weighted by Crippen LogP contribution is -2.24. The molecule has 0 spiro atoms. The molecule has 3 nitrogen and oxygen atoms in total. The van der Waals surface area contributed by atoms with Crippen LogP contribution in [0.3, 0.4) is 0 Å². The molecule has 2 unspecified atom stereocenters. The van der Waals surface area contributed by atoms with Gasteiger partial charge in [-0.2, -0.15) is 0 Å². The van der Waals surface area contributed by atoms with Crippen LogP contribution in [0.25, 0.3) is 11.1 Å². The maximum Gasteiger partial charge on any atom is 0.228 e. The zero-order chi connectivity index (χ0) is 14.0. The summed E-state index contributed by atoms with van der Waals surface area (Å²) in [4.78, 5) is 4.79. The maximum atomic E-state index is 6.52. The first-order chi connectivity index (χ1) is 9.54. The highest BCUT2D eigenvalue weighted by atomic mass is 16.3. The maximum absolute atomic E-state index is 6.52. The average Bonchev–Trinajstić information content (AvgIpc) is 2.63. The molecule has 2 heterocycles. The van der Waals surface area contributed by atoms with Crippen molar-refractivity contribution in [1.82, 2.24) is 4.98 Å². The van der Waals surface area contributed by atoms with Crippen LogP contribution in [-0.2, 0) is 6.42 Å². The molecule has 0 saturated heterocycles. The second kappa shape index (κ2) is 3.87.